The Morgan fingerprint density at radius 3 is 2.85 bits per heavy atom. The number of hydrogen-bond acceptors (Lipinski definition) is 3. The summed E-state index contributed by atoms with van der Waals surface area (Å²) in [5, 5.41) is 0.160. The fourth-order valence-corrected chi connectivity index (χ4v) is 3.15. The average molecular weight is 300 g/mol. The van der Waals surface area contributed by atoms with Crippen molar-refractivity contribution in [3.63, 3.8) is 0 Å². The summed E-state index contributed by atoms with van der Waals surface area (Å²) < 4.78 is 13.7. The smallest absolute Gasteiger partial charge is 0.142 e. The van der Waals surface area contributed by atoms with Gasteiger partial charge in [-0.05, 0) is 44.6 Å². The van der Waals surface area contributed by atoms with Gasteiger partial charge in [0, 0.05) is 31.7 Å². The molecule has 1 heterocycles. The molecular weight excluding hydrogens is 277 g/mol. The van der Waals surface area contributed by atoms with E-state index in [9.17, 15) is 4.39 Å². The van der Waals surface area contributed by atoms with Crippen molar-refractivity contribution in [3.05, 3.63) is 34.6 Å². The van der Waals surface area contributed by atoms with E-state index in [0.717, 1.165) is 31.6 Å². The van der Waals surface area contributed by atoms with Crippen LogP contribution in [0.25, 0.3) is 0 Å². The summed E-state index contributed by atoms with van der Waals surface area (Å²) in [6.45, 7) is 5.77. The van der Waals surface area contributed by atoms with E-state index in [1.807, 2.05) is 6.07 Å². The summed E-state index contributed by atoms with van der Waals surface area (Å²) in [6, 6.07) is 5.45. The molecule has 2 N–H and O–H groups in total. The van der Waals surface area contributed by atoms with Crippen molar-refractivity contribution in [2.75, 3.05) is 33.2 Å². The first-order valence-corrected chi connectivity index (χ1v) is 7.50. The van der Waals surface area contributed by atoms with Crippen LogP contribution in [0.3, 0.4) is 0 Å². The number of hydrogen-bond donors (Lipinski definition) is 1. The van der Waals surface area contributed by atoms with Crippen molar-refractivity contribution < 1.29 is 4.39 Å². The van der Waals surface area contributed by atoms with E-state index in [-0.39, 0.29) is 16.9 Å². The lowest BCUT2D eigenvalue weighted by Crippen LogP contribution is -2.43. The number of rotatable bonds is 3. The van der Waals surface area contributed by atoms with Crippen molar-refractivity contribution in [2.24, 2.45) is 5.73 Å². The molecule has 3 nitrogen and oxygen atoms in total. The van der Waals surface area contributed by atoms with Crippen LogP contribution in [0, 0.1) is 5.82 Å². The number of nitrogens with two attached hydrogens (primary N) is 1. The second kappa shape index (κ2) is 6.85. The molecule has 0 aromatic heterocycles. The molecule has 0 bridgehead atoms. The van der Waals surface area contributed by atoms with E-state index in [4.69, 9.17) is 17.3 Å². The highest BCUT2D eigenvalue weighted by Crippen LogP contribution is 2.27. The Labute approximate surface area is 125 Å². The molecule has 0 aliphatic carbocycles. The van der Waals surface area contributed by atoms with Gasteiger partial charge in [-0.15, -0.1) is 0 Å². The Bertz CT molecular complexity index is 455. The molecule has 1 fully saturated rings. The minimum atomic E-state index is -0.373. The van der Waals surface area contributed by atoms with Gasteiger partial charge in [-0.25, -0.2) is 4.39 Å². The first-order chi connectivity index (χ1) is 9.52. The number of benzene rings is 1. The molecule has 1 aliphatic heterocycles. The van der Waals surface area contributed by atoms with Crippen LogP contribution in [0.15, 0.2) is 18.2 Å². The van der Waals surface area contributed by atoms with E-state index in [0.29, 0.717) is 12.6 Å². The fourth-order valence-electron chi connectivity index (χ4n) is 3.04. The lowest BCUT2D eigenvalue weighted by atomic mass is 10.0. The molecule has 2 atom stereocenters. The lowest BCUT2D eigenvalue weighted by Gasteiger charge is -2.35. The molecule has 1 aromatic rings. The van der Waals surface area contributed by atoms with Crippen LogP contribution in [0.1, 0.15) is 24.9 Å². The van der Waals surface area contributed by atoms with Gasteiger partial charge in [-0.3, -0.25) is 4.90 Å². The van der Waals surface area contributed by atoms with Crippen LogP contribution in [0.2, 0.25) is 5.02 Å². The molecule has 0 spiro atoms. The molecule has 112 valence electrons. The van der Waals surface area contributed by atoms with Gasteiger partial charge < -0.3 is 10.6 Å². The van der Waals surface area contributed by atoms with Gasteiger partial charge in [0.2, 0.25) is 0 Å². The van der Waals surface area contributed by atoms with Crippen LogP contribution in [0.5, 0.6) is 0 Å². The molecule has 0 radical (unpaired) electrons. The monoisotopic (exact) mass is 299 g/mol. The van der Waals surface area contributed by atoms with Crippen LogP contribution < -0.4 is 5.73 Å². The molecule has 20 heavy (non-hydrogen) atoms. The van der Waals surface area contributed by atoms with Crippen molar-refractivity contribution in [2.45, 2.75) is 25.4 Å². The Morgan fingerprint density at radius 2 is 2.20 bits per heavy atom. The van der Waals surface area contributed by atoms with E-state index < -0.39 is 0 Å². The summed E-state index contributed by atoms with van der Waals surface area (Å²) in [7, 11) is 2.14. The molecular formula is C15H23ClFN3. The maximum Gasteiger partial charge on any atom is 0.142 e. The fraction of sp³-hybridized carbons (Fsp3) is 0.600. The summed E-state index contributed by atoms with van der Waals surface area (Å²) in [6.07, 6.45) is 1.10. The number of halogens is 2. The lowest BCUT2D eigenvalue weighted by molar-refractivity contribution is 0.146. The minimum Gasteiger partial charge on any atom is -0.329 e. The molecule has 5 heteroatoms. The Kier molecular flexibility index (Phi) is 5.38. The van der Waals surface area contributed by atoms with Gasteiger partial charge in [0.25, 0.3) is 0 Å². The Hall–Kier alpha value is -0.680. The molecule has 2 unspecified atom stereocenters. The van der Waals surface area contributed by atoms with Crippen molar-refractivity contribution >= 4 is 11.6 Å². The van der Waals surface area contributed by atoms with Gasteiger partial charge in [-0.2, -0.15) is 0 Å². The van der Waals surface area contributed by atoms with Gasteiger partial charge in [-0.1, -0.05) is 17.7 Å². The zero-order chi connectivity index (χ0) is 14.7. The van der Waals surface area contributed by atoms with Crippen molar-refractivity contribution in [1.82, 2.24) is 9.80 Å². The zero-order valence-electron chi connectivity index (χ0n) is 12.1. The molecule has 0 amide bonds. The highest BCUT2D eigenvalue weighted by Gasteiger charge is 2.27. The predicted molar refractivity (Wildman–Crippen MR) is 81.5 cm³/mol. The maximum absolute atomic E-state index is 13.7. The topological polar surface area (TPSA) is 32.5 Å². The SMILES string of the molecule is CC1CN(C)CCCN1C(CN)c1ccc(Cl)c(F)c1. The van der Waals surface area contributed by atoms with Gasteiger partial charge in [0.15, 0.2) is 0 Å². The van der Waals surface area contributed by atoms with Crippen LogP contribution in [-0.2, 0) is 0 Å². The normalized spacial score (nSPS) is 23.6. The second-order valence-corrected chi connectivity index (χ2v) is 6.03. The summed E-state index contributed by atoms with van der Waals surface area (Å²) in [5.41, 5.74) is 6.87. The third-order valence-corrected chi connectivity index (χ3v) is 4.36. The van der Waals surface area contributed by atoms with Crippen molar-refractivity contribution in [3.8, 4) is 0 Å². The average Bonchev–Trinajstić information content (AvgIpc) is 2.56. The van der Waals surface area contributed by atoms with Gasteiger partial charge >= 0.3 is 0 Å². The standard InChI is InChI=1S/C15H23ClFN3/c1-11-10-19(2)6-3-7-20(11)15(9-18)12-4-5-13(16)14(17)8-12/h4-5,8,11,15H,3,6-7,9-10,18H2,1-2H3. The van der Waals surface area contributed by atoms with Crippen molar-refractivity contribution in [1.29, 1.82) is 0 Å². The predicted octanol–water partition coefficient (Wildman–Crippen LogP) is 2.50. The van der Waals surface area contributed by atoms with E-state index >= 15 is 0 Å². The number of nitrogens with zero attached hydrogens (tertiary/aromatic N) is 2. The van der Waals surface area contributed by atoms with Crippen LogP contribution >= 0.6 is 11.6 Å². The van der Waals surface area contributed by atoms with E-state index in [1.165, 1.54) is 6.07 Å². The van der Waals surface area contributed by atoms with Crippen LogP contribution in [0.4, 0.5) is 4.39 Å². The Morgan fingerprint density at radius 1 is 1.45 bits per heavy atom. The minimum absolute atomic E-state index is 0.0447. The maximum atomic E-state index is 13.7. The van der Waals surface area contributed by atoms with Gasteiger partial charge in [0.1, 0.15) is 5.82 Å². The van der Waals surface area contributed by atoms with E-state index in [1.54, 1.807) is 6.07 Å². The Balaban J connectivity index is 2.23. The zero-order valence-corrected chi connectivity index (χ0v) is 12.9. The molecule has 1 aliphatic rings. The third-order valence-electron chi connectivity index (χ3n) is 4.05. The highest BCUT2D eigenvalue weighted by molar-refractivity contribution is 6.30. The quantitative estimate of drug-likeness (QED) is 0.931. The largest absolute Gasteiger partial charge is 0.329 e. The molecule has 0 saturated carbocycles. The summed E-state index contributed by atoms with van der Waals surface area (Å²) in [4.78, 5) is 4.72. The van der Waals surface area contributed by atoms with Crippen LogP contribution in [-0.4, -0.2) is 49.1 Å². The van der Waals surface area contributed by atoms with E-state index in [2.05, 4.69) is 23.8 Å². The first-order valence-electron chi connectivity index (χ1n) is 7.12. The summed E-state index contributed by atoms with van der Waals surface area (Å²) >= 11 is 5.76. The first kappa shape index (κ1) is 15.7. The third kappa shape index (κ3) is 3.50. The van der Waals surface area contributed by atoms with Gasteiger partial charge in [0.05, 0.1) is 5.02 Å². The summed E-state index contributed by atoms with van der Waals surface area (Å²) in [5.74, 6) is -0.373. The highest BCUT2D eigenvalue weighted by atomic mass is 35.5. The molecule has 1 aromatic carbocycles. The number of likely N-dealkylation sites (N-methyl/N-ethyl adjacent to an activating group) is 1. The molecule has 2 rings (SSSR count). The second-order valence-electron chi connectivity index (χ2n) is 5.63. The molecule has 1 saturated heterocycles.